The fraction of sp³-hybridized carbons (Fsp3) is 0. The van der Waals surface area contributed by atoms with Gasteiger partial charge in [0, 0.05) is 27.3 Å². The average Bonchev–Trinajstić information content (AvgIpc) is 1.58. The minimum Gasteiger partial charge on any atom is -0.295 e. The van der Waals surface area contributed by atoms with Gasteiger partial charge in [0.25, 0.3) is 22.2 Å². The van der Waals surface area contributed by atoms with Gasteiger partial charge in [0.2, 0.25) is 5.78 Å². The lowest BCUT2D eigenvalue weighted by Crippen LogP contribution is -2.21. The van der Waals surface area contributed by atoms with E-state index in [-0.39, 0.29) is 22.2 Å². The van der Waals surface area contributed by atoms with Crippen LogP contribution in [0.1, 0.15) is 0 Å². The van der Waals surface area contributed by atoms with Crippen molar-refractivity contribution in [3.8, 4) is 78.4 Å². The van der Waals surface area contributed by atoms with E-state index < -0.39 is 0 Å². The molecule has 0 fully saturated rings. The van der Waals surface area contributed by atoms with Crippen LogP contribution < -0.4 is 22.2 Å². The van der Waals surface area contributed by atoms with Crippen LogP contribution in [0.15, 0.2) is 547 Å². The van der Waals surface area contributed by atoms with Crippen molar-refractivity contribution in [2.75, 3.05) is 0 Å². The van der Waals surface area contributed by atoms with E-state index in [1.165, 1.54) is 53.9 Å². The fourth-order valence-electron chi connectivity index (χ4n) is 23.1. The molecule has 31 rings (SSSR count). The highest BCUT2D eigenvalue weighted by Gasteiger charge is 2.28. The molecule has 704 valence electrons. The van der Waals surface area contributed by atoms with Crippen LogP contribution in [0.25, 0.3) is 253 Å². The van der Waals surface area contributed by atoms with Crippen LogP contribution in [0, 0.1) is 0 Å². The third kappa shape index (κ3) is 14.2. The first-order valence-corrected chi connectivity index (χ1v) is 50.5. The van der Waals surface area contributed by atoms with Gasteiger partial charge in [0.05, 0.1) is 93.9 Å². The van der Waals surface area contributed by atoms with Crippen molar-refractivity contribution in [1.82, 2.24) is 40.9 Å². The Hall–Kier alpha value is -20.4. The van der Waals surface area contributed by atoms with Crippen molar-refractivity contribution in [2.24, 2.45) is 0 Å². The number of nitrogens with zero attached hydrogens (tertiary/aromatic N) is 9. The molecule has 0 spiro atoms. The van der Waals surface area contributed by atoms with Crippen LogP contribution in [-0.2, 0) is 0 Å². The lowest BCUT2D eigenvalue weighted by atomic mass is 9.94. The van der Waals surface area contributed by atoms with E-state index in [9.17, 15) is 19.2 Å². The maximum atomic E-state index is 14.6. The fourth-order valence-corrected chi connectivity index (χ4v) is 23.1. The van der Waals surface area contributed by atoms with Crippen molar-refractivity contribution in [2.45, 2.75) is 0 Å². The van der Waals surface area contributed by atoms with Crippen LogP contribution in [0.5, 0.6) is 0 Å². The van der Waals surface area contributed by atoms with Gasteiger partial charge in [-0.2, -0.15) is 0 Å². The summed E-state index contributed by atoms with van der Waals surface area (Å²) in [5.41, 5.74) is 25.4. The Morgan fingerprint density at radius 1 is 0.153 bits per heavy atom. The summed E-state index contributed by atoms with van der Waals surface area (Å²) in [5, 5.41) is 20.4. The molecule has 0 unspecified atom stereocenters. The molecule has 150 heavy (non-hydrogen) atoms. The topological polar surface area (TPSA) is 119 Å². The van der Waals surface area contributed by atoms with Crippen molar-refractivity contribution >= 4 is 175 Å². The van der Waals surface area contributed by atoms with Gasteiger partial charge in [0.15, 0.2) is 0 Å². The molecule has 0 atom stereocenters. The van der Waals surface area contributed by atoms with E-state index in [1.54, 1.807) is 4.57 Å². The molecule has 0 aliphatic heterocycles. The van der Waals surface area contributed by atoms with Gasteiger partial charge in [0.1, 0.15) is 16.9 Å². The molecule has 0 aliphatic carbocycles. The first kappa shape index (κ1) is 87.4. The third-order valence-corrected chi connectivity index (χ3v) is 29.8. The van der Waals surface area contributed by atoms with E-state index >= 15 is 0 Å². The maximum absolute atomic E-state index is 14.6. The minimum absolute atomic E-state index is 0.00893. The first-order valence-electron chi connectivity index (χ1n) is 50.5. The highest BCUT2D eigenvalue weighted by atomic mass is 16.1. The van der Waals surface area contributed by atoms with Gasteiger partial charge in [-0.1, -0.05) is 388 Å². The number of fused-ring (bicyclic) bond motifs is 32. The smallest absolute Gasteiger partial charge is 0.267 e. The van der Waals surface area contributed by atoms with E-state index in [2.05, 4.69) is 321 Å². The van der Waals surface area contributed by atoms with E-state index in [1.807, 2.05) is 238 Å². The summed E-state index contributed by atoms with van der Waals surface area (Å²) < 4.78 is 16.2. The van der Waals surface area contributed by atoms with Crippen LogP contribution in [0.3, 0.4) is 0 Å². The molecule has 0 aliphatic rings. The van der Waals surface area contributed by atoms with Crippen molar-refractivity contribution in [3.63, 3.8) is 0 Å². The van der Waals surface area contributed by atoms with Crippen molar-refractivity contribution < 1.29 is 0 Å². The monoisotopic (exact) mass is 1920 g/mol. The highest BCUT2D eigenvalue weighted by molar-refractivity contribution is 6.27. The molecule has 0 radical (unpaired) electrons. The van der Waals surface area contributed by atoms with Gasteiger partial charge < -0.3 is 0 Å². The third-order valence-electron chi connectivity index (χ3n) is 29.8. The zero-order valence-corrected chi connectivity index (χ0v) is 80.9. The Balaban J connectivity index is 0.0000000962. The number of hydrogen-bond acceptors (Lipinski definition) is 5. The summed E-state index contributed by atoms with van der Waals surface area (Å²) in [7, 11) is 0. The van der Waals surface area contributed by atoms with Gasteiger partial charge in [-0.05, 0) is 249 Å². The lowest BCUT2D eigenvalue weighted by molar-refractivity contribution is 0.985. The van der Waals surface area contributed by atoms with Crippen molar-refractivity contribution in [1.29, 1.82) is 0 Å². The van der Waals surface area contributed by atoms with E-state index in [4.69, 9.17) is 4.98 Å². The average molecular weight is 1920 g/mol. The molecule has 31 aromatic rings. The number of hydrogen-bond donors (Lipinski definition) is 0. The molecular weight excluding hydrogens is 1840 g/mol. The van der Waals surface area contributed by atoms with E-state index in [0.29, 0.717) is 27.3 Å². The number of aromatic nitrogens is 9. The number of imidazole rings is 1. The summed E-state index contributed by atoms with van der Waals surface area (Å²) in [5.74, 6) is 0.615. The second-order valence-electron chi connectivity index (χ2n) is 38.2. The lowest BCUT2D eigenvalue weighted by Gasteiger charge is -2.15. The molecule has 0 N–H and O–H groups in total. The molecule has 13 heteroatoms. The second kappa shape index (κ2) is 35.9. The number of benzene rings is 23. The molecule has 0 saturated carbocycles. The Morgan fingerprint density at radius 3 is 0.913 bits per heavy atom. The highest BCUT2D eigenvalue weighted by Crippen LogP contribution is 2.45. The zero-order valence-electron chi connectivity index (χ0n) is 80.9. The molecular formula is C137H87N9O4. The largest absolute Gasteiger partial charge is 0.295 e. The second-order valence-corrected chi connectivity index (χ2v) is 38.2. The van der Waals surface area contributed by atoms with Crippen LogP contribution in [0.4, 0.5) is 0 Å². The Kier molecular flexibility index (Phi) is 20.9. The number of para-hydroxylation sites is 8. The minimum atomic E-state index is -0.0714. The van der Waals surface area contributed by atoms with Crippen LogP contribution in [-0.4, -0.2) is 40.9 Å². The summed E-state index contributed by atoms with van der Waals surface area (Å²) in [6.45, 7) is 0. The zero-order chi connectivity index (χ0) is 99.7. The van der Waals surface area contributed by atoms with Gasteiger partial charge in [-0.15, -0.1) is 0 Å². The molecule has 0 bridgehead atoms. The molecule has 23 aromatic carbocycles. The molecule has 13 nitrogen and oxygen atoms in total. The predicted molar refractivity (Wildman–Crippen MR) is 622 cm³/mol. The summed E-state index contributed by atoms with van der Waals surface area (Å²) in [4.78, 5) is 61.6. The maximum Gasteiger partial charge on any atom is 0.267 e. The molecule has 0 saturated heterocycles. The molecule has 8 aromatic heterocycles. The first-order chi connectivity index (χ1) is 74.2. The van der Waals surface area contributed by atoms with Crippen molar-refractivity contribution in [3.05, 3.63) is 569 Å². The van der Waals surface area contributed by atoms with Crippen LogP contribution >= 0.6 is 0 Å². The van der Waals surface area contributed by atoms with Crippen LogP contribution in [0.2, 0.25) is 0 Å². The Bertz CT molecular complexity index is 10800. The molecule has 8 heterocycles. The van der Waals surface area contributed by atoms with Gasteiger partial charge >= 0.3 is 0 Å². The number of rotatable bonds is 9. The SMILES string of the molecule is O=c1c2cc(-c3ccccc3)ccc2n2c3ccc(-c4ccccc4)cc3c(-c3ccccc3)c2n1-c1ccccc1.O=c1c2ccccc2n2c3ccccc3c(-c3ccccc3)c2n1-c1ccc(-c2ccccc2)cc1.O=c1c2ccccc2n2c3ccccc3cc2n1-c1ccc2c3ccccc3c3ccccc3c2c1.O=c1c2ccccc2n2c3ccccc3nc2n1-c1ccc2c3ccccc3c3ccccc3c2c1. The predicted octanol–water partition coefficient (Wildman–Crippen LogP) is 32.2. The van der Waals surface area contributed by atoms with Gasteiger partial charge in [-0.25, -0.2) is 9.55 Å². The van der Waals surface area contributed by atoms with Gasteiger partial charge in [-0.3, -0.25) is 50.5 Å². The Labute approximate surface area is 857 Å². The summed E-state index contributed by atoms with van der Waals surface area (Å²) in [6.07, 6.45) is 0. The normalized spacial score (nSPS) is 11.7. The Morgan fingerprint density at radius 2 is 0.440 bits per heavy atom. The quantitative estimate of drug-likeness (QED) is 0.133. The summed E-state index contributed by atoms with van der Waals surface area (Å²) in [6, 6.07) is 180. The summed E-state index contributed by atoms with van der Waals surface area (Å²) >= 11 is 0. The standard InChI is InChI=1S/C39H26N2O.C33H20N2O.C33H22N2O.C32H19N3O/c42-39-34-26-31(28-15-7-2-8-16-28)22-24-36(34)41-35-23-21-30(27-13-5-1-6-14-27)25-33(35)37(29-17-9-3-10-18-29)38(41)40(39)32-19-11-4-12-20-32;36-33-28-14-6-8-16-31(28)35-30-15-7-1-9-21(30)19-32(35)34(33)22-17-18-27-25-12-3-2-10-23(25)24-11-4-5-13-26(24)29(27)20-22;36-33-28-16-8-10-18-30(28)35-29-17-9-7-15-27(29)31(25-13-5-2-6-14-25)32(35)34(33)26-21-19-24(20-22-26)23-11-3-1-4-12-23;36-31-26-13-5-7-15-29(26)35-30-16-8-6-14-28(30)33-32(35)34(31)20-17-18-25-23-11-2-1-9-21(23)22-10-3-4-12-24(22)27(25)19-20/h1-26H;1-20H;1-22H;1-19H. The van der Waals surface area contributed by atoms with E-state index in [0.717, 1.165) is 172 Å². The molecule has 0 amide bonds.